The number of aromatic nitrogens is 4. The molecule has 1 unspecified atom stereocenters. The molecule has 150 valence electrons. The summed E-state index contributed by atoms with van der Waals surface area (Å²) in [5.41, 5.74) is 10.9. The van der Waals surface area contributed by atoms with E-state index < -0.39 is 0 Å². The SMILES string of the molecule is Cc1ccc2[nH]nc(C(=O)N3CCCC3c3ccc(-c4ccc(N)nc4)cn3)c2c1. The van der Waals surface area contributed by atoms with Crippen LogP contribution in [0.1, 0.15) is 40.6 Å². The zero-order valence-corrected chi connectivity index (χ0v) is 16.7. The van der Waals surface area contributed by atoms with E-state index in [1.165, 1.54) is 0 Å². The molecule has 5 rings (SSSR count). The number of benzene rings is 1. The first-order valence-electron chi connectivity index (χ1n) is 10.0. The third kappa shape index (κ3) is 3.18. The maximum Gasteiger partial charge on any atom is 0.275 e. The van der Waals surface area contributed by atoms with E-state index in [0.717, 1.165) is 46.1 Å². The van der Waals surface area contributed by atoms with Gasteiger partial charge >= 0.3 is 0 Å². The first-order chi connectivity index (χ1) is 14.6. The molecule has 7 nitrogen and oxygen atoms in total. The molecule has 30 heavy (non-hydrogen) atoms. The number of likely N-dealkylation sites (tertiary alicyclic amines) is 1. The number of H-pyrrole nitrogens is 1. The van der Waals surface area contributed by atoms with Crippen LogP contribution in [-0.2, 0) is 0 Å². The zero-order valence-electron chi connectivity index (χ0n) is 16.7. The fourth-order valence-electron chi connectivity index (χ4n) is 4.09. The van der Waals surface area contributed by atoms with Gasteiger partial charge in [0.2, 0.25) is 0 Å². The summed E-state index contributed by atoms with van der Waals surface area (Å²) in [5.74, 6) is 0.437. The normalized spacial score (nSPS) is 16.3. The molecule has 4 aromatic rings. The van der Waals surface area contributed by atoms with Crippen molar-refractivity contribution < 1.29 is 4.79 Å². The van der Waals surface area contributed by atoms with Crippen LogP contribution in [-0.4, -0.2) is 37.5 Å². The van der Waals surface area contributed by atoms with Crippen LogP contribution in [0.15, 0.2) is 54.9 Å². The first kappa shape index (κ1) is 18.3. The molecular weight excluding hydrogens is 376 g/mol. The topological polar surface area (TPSA) is 101 Å². The van der Waals surface area contributed by atoms with Crippen molar-refractivity contribution in [1.29, 1.82) is 0 Å². The summed E-state index contributed by atoms with van der Waals surface area (Å²) in [6, 6.07) is 13.6. The van der Waals surface area contributed by atoms with Gasteiger partial charge in [0.15, 0.2) is 5.69 Å². The molecule has 1 aromatic carbocycles. The van der Waals surface area contributed by atoms with E-state index in [1.807, 2.05) is 54.4 Å². The average molecular weight is 398 g/mol. The maximum atomic E-state index is 13.3. The second-order valence-electron chi connectivity index (χ2n) is 7.72. The van der Waals surface area contributed by atoms with Gasteiger partial charge in [-0.1, -0.05) is 17.7 Å². The van der Waals surface area contributed by atoms with Gasteiger partial charge in [-0.05, 0) is 50.1 Å². The highest BCUT2D eigenvalue weighted by molar-refractivity contribution is 6.05. The van der Waals surface area contributed by atoms with E-state index in [4.69, 9.17) is 5.73 Å². The van der Waals surface area contributed by atoms with Crippen molar-refractivity contribution in [2.24, 2.45) is 0 Å². The molecule has 0 saturated carbocycles. The van der Waals surface area contributed by atoms with E-state index in [2.05, 4.69) is 20.2 Å². The van der Waals surface area contributed by atoms with Crippen LogP contribution in [0.4, 0.5) is 5.82 Å². The largest absolute Gasteiger partial charge is 0.384 e. The molecule has 0 bridgehead atoms. The molecular formula is C23H22N6O. The summed E-state index contributed by atoms with van der Waals surface area (Å²) in [6.07, 6.45) is 5.41. The van der Waals surface area contributed by atoms with Crippen LogP contribution < -0.4 is 5.73 Å². The van der Waals surface area contributed by atoms with E-state index in [0.29, 0.717) is 18.1 Å². The molecule has 1 aliphatic rings. The number of nitrogen functional groups attached to an aromatic ring is 1. The number of carbonyl (C=O) groups excluding carboxylic acids is 1. The summed E-state index contributed by atoms with van der Waals surface area (Å²) < 4.78 is 0. The van der Waals surface area contributed by atoms with Gasteiger partial charge in [0, 0.05) is 35.5 Å². The lowest BCUT2D eigenvalue weighted by Gasteiger charge is -2.23. The smallest absolute Gasteiger partial charge is 0.275 e. The minimum atomic E-state index is -0.0528. The third-order valence-electron chi connectivity index (χ3n) is 5.68. The van der Waals surface area contributed by atoms with Gasteiger partial charge in [-0.15, -0.1) is 0 Å². The average Bonchev–Trinajstić information content (AvgIpc) is 3.41. The number of rotatable bonds is 3. The maximum absolute atomic E-state index is 13.3. The van der Waals surface area contributed by atoms with E-state index in [9.17, 15) is 4.79 Å². The fraction of sp³-hybridized carbons (Fsp3) is 0.217. The predicted octanol–water partition coefficient (Wildman–Crippen LogP) is 3.89. The van der Waals surface area contributed by atoms with Gasteiger partial charge in [-0.25, -0.2) is 4.98 Å². The number of amides is 1. The molecule has 3 N–H and O–H groups in total. The Morgan fingerprint density at radius 3 is 2.63 bits per heavy atom. The minimum Gasteiger partial charge on any atom is -0.384 e. The highest BCUT2D eigenvalue weighted by Gasteiger charge is 2.33. The van der Waals surface area contributed by atoms with Crippen molar-refractivity contribution in [2.75, 3.05) is 12.3 Å². The number of carbonyl (C=O) groups is 1. The number of nitrogens with one attached hydrogen (secondary N) is 1. The molecule has 0 aliphatic carbocycles. The molecule has 1 atom stereocenters. The first-order valence-corrected chi connectivity index (χ1v) is 10.0. The molecule has 3 aromatic heterocycles. The number of aryl methyl sites for hydroxylation is 1. The van der Waals surface area contributed by atoms with Crippen molar-refractivity contribution >= 4 is 22.6 Å². The van der Waals surface area contributed by atoms with Crippen molar-refractivity contribution in [3.05, 3.63) is 71.8 Å². The van der Waals surface area contributed by atoms with E-state index in [-0.39, 0.29) is 11.9 Å². The number of nitrogens with zero attached hydrogens (tertiary/aromatic N) is 4. The molecule has 1 saturated heterocycles. The van der Waals surface area contributed by atoms with Gasteiger partial charge in [0.25, 0.3) is 5.91 Å². The standard InChI is InChI=1S/C23H22N6O/c1-14-4-7-18-17(11-14)22(28-27-18)23(30)29-10-2-3-20(29)19-8-5-15(12-25-19)16-6-9-21(24)26-13-16/h4-9,11-13,20H,2-3,10H2,1H3,(H2,24,26)(H,27,28). The lowest BCUT2D eigenvalue weighted by Crippen LogP contribution is -2.31. The Bertz CT molecular complexity index is 1210. The summed E-state index contributed by atoms with van der Waals surface area (Å²) in [6.45, 7) is 2.72. The molecule has 7 heteroatoms. The number of hydrogen-bond acceptors (Lipinski definition) is 5. The Hall–Kier alpha value is -3.74. The van der Waals surface area contributed by atoms with Crippen molar-refractivity contribution in [3.63, 3.8) is 0 Å². The highest BCUT2D eigenvalue weighted by atomic mass is 16.2. The van der Waals surface area contributed by atoms with Crippen LogP contribution in [0.5, 0.6) is 0 Å². The van der Waals surface area contributed by atoms with Gasteiger partial charge in [-0.2, -0.15) is 5.10 Å². The van der Waals surface area contributed by atoms with E-state index in [1.54, 1.807) is 12.3 Å². The lowest BCUT2D eigenvalue weighted by atomic mass is 10.1. The van der Waals surface area contributed by atoms with Gasteiger partial charge in [-0.3, -0.25) is 14.9 Å². The molecule has 1 aliphatic heterocycles. The minimum absolute atomic E-state index is 0.0485. The molecule has 1 fully saturated rings. The van der Waals surface area contributed by atoms with Crippen LogP contribution >= 0.6 is 0 Å². The van der Waals surface area contributed by atoms with E-state index >= 15 is 0 Å². The van der Waals surface area contributed by atoms with Crippen molar-refractivity contribution in [2.45, 2.75) is 25.8 Å². The zero-order chi connectivity index (χ0) is 20.7. The fourth-order valence-corrected chi connectivity index (χ4v) is 4.09. The van der Waals surface area contributed by atoms with Crippen LogP contribution in [0.25, 0.3) is 22.0 Å². The monoisotopic (exact) mass is 398 g/mol. The number of nitrogens with two attached hydrogens (primary N) is 1. The predicted molar refractivity (Wildman–Crippen MR) is 116 cm³/mol. The molecule has 4 heterocycles. The van der Waals surface area contributed by atoms with Gasteiger partial charge in [0.1, 0.15) is 5.82 Å². The number of hydrogen-bond donors (Lipinski definition) is 2. The van der Waals surface area contributed by atoms with Gasteiger partial charge in [0.05, 0.1) is 17.3 Å². The second kappa shape index (κ2) is 7.26. The Morgan fingerprint density at radius 1 is 1.10 bits per heavy atom. The lowest BCUT2D eigenvalue weighted by molar-refractivity contribution is 0.0729. The van der Waals surface area contributed by atoms with Crippen LogP contribution in [0, 0.1) is 6.92 Å². The third-order valence-corrected chi connectivity index (χ3v) is 5.68. The summed E-state index contributed by atoms with van der Waals surface area (Å²) in [7, 11) is 0. The Morgan fingerprint density at radius 2 is 1.90 bits per heavy atom. The highest BCUT2D eigenvalue weighted by Crippen LogP contribution is 2.33. The molecule has 0 spiro atoms. The molecule has 0 radical (unpaired) electrons. The molecule has 1 amide bonds. The summed E-state index contributed by atoms with van der Waals surface area (Å²) in [4.78, 5) is 24.0. The van der Waals surface area contributed by atoms with Crippen LogP contribution in [0.3, 0.4) is 0 Å². The number of anilines is 1. The van der Waals surface area contributed by atoms with Gasteiger partial charge < -0.3 is 10.6 Å². The number of fused-ring (bicyclic) bond motifs is 1. The van der Waals surface area contributed by atoms with Crippen molar-refractivity contribution in [1.82, 2.24) is 25.1 Å². The van der Waals surface area contributed by atoms with Crippen molar-refractivity contribution in [3.8, 4) is 11.1 Å². The number of pyridine rings is 2. The summed E-state index contributed by atoms with van der Waals surface area (Å²) in [5, 5.41) is 8.16. The Labute approximate surface area is 174 Å². The Kier molecular flexibility index (Phi) is 4.43. The number of aromatic amines is 1. The quantitative estimate of drug-likeness (QED) is 0.545. The Balaban J connectivity index is 1.42. The van der Waals surface area contributed by atoms with Crippen LogP contribution in [0.2, 0.25) is 0 Å². The summed E-state index contributed by atoms with van der Waals surface area (Å²) >= 11 is 0. The second-order valence-corrected chi connectivity index (χ2v) is 7.72.